The molecule has 2 rings (SSSR count). The van der Waals surface area contributed by atoms with Crippen LogP contribution in [0.4, 0.5) is 0 Å². The van der Waals surface area contributed by atoms with Crippen molar-refractivity contribution in [2.45, 2.75) is 24.8 Å². The van der Waals surface area contributed by atoms with Crippen LogP contribution in [0.3, 0.4) is 0 Å². The van der Waals surface area contributed by atoms with E-state index >= 15 is 0 Å². The third kappa shape index (κ3) is 1.83. The minimum absolute atomic E-state index is 0.345. The van der Waals surface area contributed by atoms with Gasteiger partial charge in [-0.1, -0.05) is 12.1 Å². The number of phenolic OH excluding ortho intramolecular Hbond substituents is 1. The summed E-state index contributed by atoms with van der Waals surface area (Å²) in [4.78, 5) is 0. The Bertz CT molecular complexity index is 287. The van der Waals surface area contributed by atoms with Crippen LogP contribution >= 0.6 is 0 Å². The number of benzene rings is 1. The summed E-state index contributed by atoms with van der Waals surface area (Å²) in [5.74, 6) is 0.345. The van der Waals surface area contributed by atoms with Crippen molar-refractivity contribution >= 4 is 0 Å². The number of rotatable bonds is 3. The fourth-order valence-electron chi connectivity index (χ4n) is 1.67. The maximum atomic E-state index is 9.11. The second-order valence-corrected chi connectivity index (χ2v) is 3.87. The molecule has 2 N–H and O–H groups in total. The molecule has 0 unspecified atom stereocenters. The SMILES string of the molecule is CNC1(Cc2ccc(O)cc2)CC1. The summed E-state index contributed by atoms with van der Waals surface area (Å²) in [7, 11) is 2.02. The van der Waals surface area contributed by atoms with Crippen LogP contribution in [0.2, 0.25) is 0 Å². The van der Waals surface area contributed by atoms with Gasteiger partial charge in [-0.2, -0.15) is 0 Å². The van der Waals surface area contributed by atoms with Crippen LogP contribution in [0.5, 0.6) is 5.75 Å². The molecule has 1 fully saturated rings. The number of hydrogen-bond donors (Lipinski definition) is 2. The van der Waals surface area contributed by atoms with Crippen molar-refractivity contribution < 1.29 is 5.11 Å². The lowest BCUT2D eigenvalue weighted by molar-refractivity contribution is 0.474. The lowest BCUT2D eigenvalue weighted by Gasteiger charge is -2.13. The van der Waals surface area contributed by atoms with E-state index in [2.05, 4.69) is 5.32 Å². The lowest BCUT2D eigenvalue weighted by Crippen LogP contribution is -2.29. The first kappa shape index (κ1) is 8.57. The van der Waals surface area contributed by atoms with E-state index in [1.54, 1.807) is 12.1 Å². The Morgan fingerprint density at radius 3 is 2.38 bits per heavy atom. The molecule has 0 aliphatic heterocycles. The van der Waals surface area contributed by atoms with Crippen molar-refractivity contribution in [3.63, 3.8) is 0 Å². The molecule has 0 bridgehead atoms. The van der Waals surface area contributed by atoms with Crippen LogP contribution < -0.4 is 5.32 Å². The van der Waals surface area contributed by atoms with E-state index in [9.17, 15) is 0 Å². The molecule has 1 aliphatic carbocycles. The molecule has 1 aromatic rings. The van der Waals surface area contributed by atoms with Crippen LogP contribution in [0, 0.1) is 0 Å². The first-order valence-corrected chi connectivity index (χ1v) is 4.71. The number of phenols is 1. The van der Waals surface area contributed by atoms with Crippen LogP contribution in [0.1, 0.15) is 18.4 Å². The highest BCUT2D eigenvalue weighted by Crippen LogP contribution is 2.38. The van der Waals surface area contributed by atoms with E-state index in [4.69, 9.17) is 5.11 Å². The van der Waals surface area contributed by atoms with Crippen molar-refractivity contribution in [3.8, 4) is 5.75 Å². The molecular weight excluding hydrogens is 162 g/mol. The molecule has 13 heavy (non-hydrogen) atoms. The second-order valence-electron chi connectivity index (χ2n) is 3.87. The average Bonchev–Trinajstić information content (AvgIpc) is 2.90. The van der Waals surface area contributed by atoms with Crippen LogP contribution in [-0.4, -0.2) is 17.7 Å². The Kier molecular flexibility index (Phi) is 2.00. The summed E-state index contributed by atoms with van der Waals surface area (Å²) in [6.07, 6.45) is 3.61. The highest BCUT2D eigenvalue weighted by Gasteiger charge is 2.40. The molecule has 0 spiro atoms. The van der Waals surface area contributed by atoms with Crippen molar-refractivity contribution in [3.05, 3.63) is 29.8 Å². The molecular formula is C11H15NO. The Morgan fingerprint density at radius 1 is 1.31 bits per heavy atom. The van der Waals surface area contributed by atoms with Crippen molar-refractivity contribution in [2.75, 3.05) is 7.05 Å². The number of nitrogens with one attached hydrogen (secondary N) is 1. The summed E-state index contributed by atoms with van der Waals surface area (Å²) in [6.45, 7) is 0. The van der Waals surface area contributed by atoms with E-state index in [0.717, 1.165) is 6.42 Å². The Hall–Kier alpha value is -1.02. The van der Waals surface area contributed by atoms with Crippen molar-refractivity contribution in [1.82, 2.24) is 5.32 Å². The van der Waals surface area contributed by atoms with Crippen LogP contribution in [-0.2, 0) is 6.42 Å². The van der Waals surface area contributed by atoms with Gasteiger partial charge in [0.1, 0.15) is 5.75 Å². The fourth-order valence-corrected chi connectivity index (χ4v) is 1.67. The summed E-state index contributed by atoms with van der Waals surface area (Å²) in [5.41, 5.74) is 1.65. The second kappa shape index (κ2) is 3.04. The van der Waals surface area contributed by atoms with Gasteiger partial charge in [-0.25, -0.2) is 0 Å². The number of hydrogen-bond acceptors (Lipinski definition) is 2. The maximum absolute atomic E-state index is 9.11. The van der Waals surface area contributed by atoms with Gasteiger partial charge in [0.25, 0.3) is 0 Å². The van der Waals surface area contributed by atoms with Gasteiger partial charge >= 0.3 is 0 Å². The van der Waals surface area contributed by atoms with Gasteiger partial charge in [-0.15, -0.1) is 0 Å². The zero-order valence-corrected chi connectivity index (χ0v) is 7.88. The molecule has 0 heterocycles. The third-order valence-corrected chi connectivity index (χ3v) is 2.86. The first-order chi connectivity index (χ1) is 6.24. The molecule has 0 atom stereocenters. The topological polar surface area (TPSA) is 32.3 Å². The molecule has 0 amide bonds. The molecule has 0 aromatic heterocycles. The van der Waals surface area contributed by atoms with Gasteiger partial charge in [0.2, 0.25) is 0 Å². The third-order valence-electron chi connectivity index (χ3n) is 2.86. The largest absolute Gasteiger partial charge is 0.508 e. The Balaban J connectivity index is 2.06. The summed E-state index contributed by atoms with van der Waals surface area (Å²) in [5, 5.41) is 12.5. The zero-order valence-electron chi connectivity index (χ0n) is 7.88. The van der Waals surface area contributed by atoms with E-state index in [1.807, 2.05) is 19.2 Å². The Morgan fingerprint density at radius 2 is 1.92 bits per heavy atom. The van der Waals surface area contributed by atoms with Gasteiger partial charge in [0.05, 0.1) is 0 Å². The van der Waals surface area contributed by atoms with Gasteiger partial charge in [0.15, 0.2) is 0 Å². The van der Waals surface area contributed by atoms with Crippen LogP contribution in [0.15, 0.2) is 24.3 Å². The average molecular weight is 177 g/mol. The van der Waals surface area contributed by atoms with Gasteiger partial charge in [0, 0.05) is 5.54 Å². The number of likely N-dealkylation sites (N-methyl/N-ethyl adjacent to an activating group) is 1. The quantitative estimate of drug-likeness (QED) is 0.736. The highest BCUT2D eigenvalue weighted by molar-refractivity contribution is 5.28. The zero-order chi connectivity index (χ0) is 9.31. The minimum atomic E-state index is 0.345. The normalized spacial score (nSPS) is 18.5. The molecule has 0 saturated heterocycles. The predicted molar refractivity (Wildman–Crippen MR) is 52.8 cm³/mol. The standard InChI is InChI=1S/C11H15NO/c1-12-11(6-7-11)8-9-2-4-10(13)5-3-9/h2-5,12-13H,6-8H2,1H3. The molecule has 2 heteroatoms. The Labute approximate surface area is 78.6 Å². The van der Waals surface area contributed by atoms with Gasteiger partial charge in [-0.3, -0.25) is 0 Å². The maximum Gasteiger partial charge on any atom is 0.115 e. The molecule has 1 saturated carbocycles. The first-order valence-electron chi connectivity index (χ1n) is 4.71. The minimum Gasteiger partial charge on any atom is -0.508 e. The fraction of sp³-hybridized carbons (Fsp3) is 0.455. The van der Waals surface area contributed by atoms with E-state index in [0.29, 0.717) is 11.3 Å². The molecule has 70 valence electrons. The predicted octanol–water partition coefficient (Wildman–Crippen LogP) is 1.69. The summed E-state index contributed by atoms with van der Waals surface area (Å²) < 4.78 is 0. The smallest absolute Gasteiger partial charge is 0.115 e. The molecule has 0 radical (unpaired) electrons. The van der Waals surface area contributed by atoms with Crippen molar-refractivity contribution in [1.29, 1.82) is 0 Å². The monoisotopic (exact) mass is 177 g/mol. The summed E-state index contributed by atoms with van der Waals surface area (Å²) >= 11 is 0. The van der Waals surface area contributed by atoms with E-state index in [1.165, 1.54) is 18.4 Å². The summed E-state index contributed by atoms with van der Waals surface area (Å²) in [6, 6.07) is 7.49. The molecule has 1 aliphatic rings. The lowest BCUT2D eigenvalue weighted by atomic mass is 10.0. The highest BCUT2D eigenvalue weighted by atomic mass is 16.3. The van der Waals surface area contributed by atoms with Crippen molar-refractivity contribution in [2.24, 2.45) is 0 Å². The molecule has 2 nitrogen and oxygen atoms in total. The number of aromatic hydroxyl groups is 1. The van der Waals surface area contributed by atoms with E-state index in [-0.39, 0.29) is 0 Å². The van der Waals surface area contributed by atoms with Gasteiger partial charge < -0.3 is 10.4 Å². The molecule has 1 aromatic carbocycles. The van der Waals surface area contributed by atoms with Gasteiger partial charge in [-0.05, 0) is 44.0 Å². The van der Waals surface area contributed by atoms with E-state index < -0.39 is 0 Å². The van der Waals surface area contributed by atoms with Crippen LogP contribution in [0.25, 0.3) is 0 Å².